The molecule has 0 saturated carbocycles. The third-order valence-corrected chi connectivity index (χ3v) is 3.83. The van der Waals surface area contributed by atoms with Gasteiger partial charge in [-0.3, -0.25) is 9.59 Å². The van der Waals surface area contributed by atoms with Gasteiger partial charge in [-0.15, -0.1) is 0 Å². The van der Waals surface area contributed by atoms with Crippen LogP contribution in [0.2, 0.25) is 0 Å². The number of nitrogens with zero attached hydrogens (tertiary/aromatic N) is 1. The first-order valence-corrected chi connectivity index (χ1v) is 7.88. The zero-order valence-corrected chi connectivity index (χ0v) is 13.3. The van der Waals surface area contributed by atoms with Crippen LogP contribution in [0.3, 0.4) is 0 Å². The number of rotatable bonds is 4. The Bertz CT molecular complexity index is 529. The molecule has 0 unspecified atom stereocenters. The summed E-state index contributed by atoms with van der Waals surface area (Å²) in [5, 5.41) is 2.95. The molecule has 1 saturated heterocycles. The van der Waals surface area contributed by atoms with E-state index in [1.165, 1.54) is 0 Å². The van der Waals surface area contributed by atoms with Crippen LogP contribution in [-0.4, -0.2) is 35.8 Å². The van der Waals surface area contributed by atoms with Crippen molar-refractivity contribution in [2.45, 2.75) is 32.7 Å². The molecule has 0 radical (unpaired) electrons. The van der Waals surface area contributed by atoms with Gasteiger partial charge in [-0.2, -0.15) is 0 Å². The van der Waals surface area contributed by atoms with Crippen molar-refractivity contribution in [3.63, 3.8) is 0 Å². The summed E-state index contributed by atoms with van der Waals surface area (Å²) in [6, 6.07) is 9.94. The van der Waals surface area contributed by atoms with Crippen LogP contribution in [0.4, 0.5) is 0 Å². The van der Waals surface area contributed by atoms with Gasteiger partial charge in [0.2, 0.25) is 11.8 Å². The van der Waals surface area contributed by atoms with Crippen LogP contribution in [0, 0.1) is 5.92 Å². The molecule has 1 fully saturated rings. The standard InChI is InChI=1S/C18H24N2O2/c1-14(2)19-18(22)16-10-12-20(13-11-16)17(21)9-8-15-6-4-3-5-7-15/h3-9,14,16H,10-13H2,1-2H3,(H,19,22)/b9-8+. The minimum Gasteiger partial charge on any atom is -0.354 e. The number of hydrogen-bond acceptors (Lipinski definition) is 2. The van der Waals surface area contributed by atoms with Gasteiger partial charge in [-0.05, 0) is 38.3 Å². The number of benzene rings is 1. The molecule has 1 aromatic carbocycles. The fraction of sp³-hybridized carbons (Fsp3) is 0.444. The minimum absolute atomic E-state index is 0.0200. The second-order valence-corrected chi connectivity index (χ2v) is 6.01. The molecule has 1 aromatic rings. The summed E-state index contributed by atoms with van der Waals surface area (Å²) in [6.07, 6.45) is 4.93. The van der Waals surface area contributed by atoms with Crippen LogP contribution in [0.15, 0.2) is 36.4 Å². The van der Waals surface area contributed by atoms with E-state index in [1.807, 2.05) is 55.2 Å². The van der Waals surface area contributed by atoms with E-state index in [4.69, 9.17) is 0 Å². The van der Waals surface area contributed by atoms with E-state index in [9.17, 15) is 9.59 Å². The third kappa shape index (κ3) is 4.72. The van der Waals surface area contributed by atoms with E-state index < -0.39 is 0 Å². The van der Waals surface area contributed by atoms with Crippen molar-refractivity contribution in [3.8, 4) is 0 Å². The topological polar surface area (TPSA) is 49.4 Å². The summed E-state index contributed by atoms with van der Waals surface area (Å²) in [7, 11) is 0. The van der Waals surface area contributed by atoms with E-state index in [2.05, 4.69) is 5.32 Å². The average molecular weight is 300 g/mol. The first-order chi connectivity index (χ1) is 10.6. The Labute approximate surface area is 132 Å². The number of amides is 2. The lowest BCUT2D eigenvalue weighted by Crippen LogP contribution is -2.43. The fourth-order valence-electron chi connectivity index (χ4n) is 2.60. The molecule has 1 aliphatic rings. The van der Waals surface area contributed by atoms with Gasteiger partial charge in [0, 0.05) is 31.1 Å². The van der Waals surface area contributed by atoms with Crippen molar-refractivity contribution in [1.82, 2.24) is 10.2 Å². The van der Waals surface area contributed by atoms with E-state index in [-0.39, 0.29) is 23.8 Å². The molecule has 1 heterocycles. The summed E-state index contributed by atoms with van der Waals surface area (Å²) >= 11 is 0. The molecule has 0 spiro atoms. The van der Waals surface area contributed by atoms with E-state index in [1.54, 1.807) is 6.08 Å². The van der Waals surface area contributed by atoms with Crippen molar-refractivity contribution in [2.24, 2.45) is 5.92 Å². The van der Waals surface area contributed by atoms with Crippen molar-refractivity contribution < 1.29 is 9.59 Å². The maximum atomic E-state index is 12.2. The number of hydrogen-bond donors (Lipinski definition) is 1. The van der Waals surface area contributed by atoms with Crippen LogP contribution in [0.1, 0.15) is 32.3 Å². The van der Waals surface area contributed by atoms with E-state index in [0.717, 1.165) is 18.4 Å². The molecule has 2 rings (SSSR count). The molecule has 1 N–H and O–H groups in total. The van der Waals surface area contributed by atoms with Gasteiger partial charge >= 0.3 is 0 Å². The highest BCUT2D eigenvalue weighted by Gasteiger charge is 2.26. The van der Waals surface area contributed by atoms with Gasteiger partial charge in [-0.1, -0.05) is 30.3 Å². The monoisotopic (exact) mass is 300 g/mol. The lowest BCUT2D eigenvalue weighted by Gasteiger charge is -2.31. The normalized spacial score (nSPS) is 16.2. The summed E-state index contributed by atoms with van der Waals surface area (Å²) in [5.74, 6) is 0.165. The molecule has 2 amide bonds. The number of nitrogens with one attached hydrogen (secondary N) is 1. The number of piperidine rings is 1. The van der Waals surface area contributed by atoms with Crippen molar-refractivity contribution in [1.29, 1.82) is 0 Å². The maximum Gasteiger partial charge on any atom is 0.246 e. The number of carbonyl (C=O) groups is 2. The quantitative estimate of drug-likeness (QED) is 0.868. The Morgan fingerprint density at radius 3 is 2.41 bits per heavy atom. The third-order valence-electron chi connectivity index (χ3n) is 3.83. The van der Waals surface area contributed by atoms with Gasteiger partial charge in [0.25, 0.3) is 0 Å². The zero-order chi connectivity index (χ0) is 15.9. The van der Waals surface area contributed by atoms with Crippen LogP contribution in [0.5, 0.6) is 0 Å². The van der Waals surface area contributed by atoms with Gasteiger partial charge in [-0.25, -0.2) is 0 Å². The average Bonchev–Trinajstić information content (AvgIpc) is 2.53. The van der Waals surface area contributed by atoms with Gasteiger partial charge in [0.1, 0.15) is 0 Å². The first-order valence-electron chi connectivity index (χ1n) is 7.88. The van der Waals surface area contributed by atoms with E-state index >= 15 is 0 Å². The Morgan fingerprint density at radius 2 is 1.82 bits per heavy atom. The molecule has 0 aromatic heterocycles. The molecule has 4 heteroatoms. The maximum absolute atomic E-state index is 12.2. The van der Waals surface area contributed by atoms with Gasteiger partial charge < -0.3 is 10.2 Å². The Hall–Kier alpha value is -2.10. The molecule has 0 aliphatic carbocycles. The second kappa shape index (κ2) is 7.78. The SMILES string of the molecule is CC(C)NC(=O)C1CCN(C(=O)/C=C/c2ccccc2)CC1. The summed E-state index contributed by atoms with van der Waals surface area (Å²) in [4.78, 5) is 25.9. The summed E-state index contributed by atoms with van der Waals surface area (Å²) in [6.45, 7) is 5.22. The fourth-order valence-corrected chi connectivity index (χ4v) is 2.60. The summed E-state index contributed by atoms with van der Waals surface area (Å²) < 4.78 is 0. The molecular weight excluding hydrogens is 276 g/mol. The lowest BCUT2D eigenvalue weighted by atomic mass is 9.95. The molecule has 4 nitrogen and oxygen atoms in total. The molecule has 1 aliphatic heterocycles. The van der Waals surface area contributed by atoms with Crippen molar-refractivity contribution >= 4 is 17.9 Å². The Kier molecular flexibility index (Phi) is 5.75. The smallest absolute Gasteiger partial charge is 0.246 e. The van der Waals surface area contributed by atoms with Crippen molar-refractivity contribution in [3.05, 3.63) is 42.0 Å². The summed E-state index contributed by atoms with van der Waals surface area (Å²) in [5.41, 5.74) is 1.02. The van der Waals surface area contributed by atoms with Crippen LogP contribution in [0.25, 0.3) is 6.08 Å². The second-order valence-electron chi connectivity index (χ2n) is 6.01. The van der Waals surface area contributed by atoms with Crippen LogP contribution < -0.4 is 5.32 Å². The largest absolute Gasteiger partial charge is 0.354 e. The first kappa shape index (κ1) is 16.3. The predicted octanol–water partition coefficient (Wildman–Crippen LogP) is 2.46. The molecule has 22 heavy (non-hydrogen) atoms. The minimum atomic E-state index is 0.0200. The van der Waals surface area contributed by atoms with Crippen LogP contribution >= 0.6 is 0 Å². The van der Waals surface area contributed by atoms with Gasteiger partial charge in [0.15, 0.2) is 0 Å². The Morgan fingerprint density at radius 1 is 1.18 bits per heavy atom. The highest BCUT2D eigenvalue weighted by atomic mass is 16.2. The molecule has 0 atom stereocenters. The number of carbonyl (C=O) groups excluding carboxylic acids is 2. The molecular formula is C18H24N2O2. The van der Waals surface area contributed by atoms with E-state index in [0.29, 0.717) is 13.1 Å². The molecule has 118 valence electrons. The predicted molar refractivity (Wildman–Crippen MR) is 88.1 cm³/mol. The Balaban J connectivity index is 1.82. The van der Waals surface area contributed by atoms with Crippen molar-refractivity contribution in [2.75, 3.05) is 13.1 Å². The highest BCUT2D eigenvalue weighted by molar-refractivity contribution is 5.92. The molecule has 0 bridgehead atoms. The number of likely N-dealkylation sites (tertiary alicyclic amines) is 1. The zero-order valence-electron chi connectivity index (χ0n) is 13.3. The lowest BCUT2D eigenvalue weighted by molar-refractivity contribution is -0.132. The van der Waals surface area contributed by atoms with Gasteiger partial charge in [0.05, 0.1) is 0 Å². The highest BCUT2D eigenvalue weighted by Crippen LogP contribution is 2.18. The van der Waals surface area contributed by atoms with Crippen LogP contribution in [-0.2, 0) is 9.59 Å².